The molecule has 9 heteroatoms. The zero-order valence-corrected chi connectivity index (χ0v) is 16.7. The van der Waals surface area contributed by atoms with Gasteiger partial charge in [0.05, 0.1) is 7.11 Å². The van der Waals surface area contributed by atoms with Gasteiger partial charge in [0.2, 0.25) is 12.5 Å². The molecule has 3 atom stereocenters. The van der Waals surface area contributed by atoms with Crippen LogP contribution in [0.4, 0.5) is 22.0 Å². The van der Waals surface area contributed by atoms with Crippen molar-refractivity contribution in [2.45, 2.75) is 48.8 Å². The highest BCUT2D eigenvalue weighted by Gasteiger charge is 2.58. The average molecular weight is 438 g/mol. The van der Waals surface area contributed by atoms with Gasteiger partial charge in [-0.3, -0.25) is 0 Å². The van der Waals surface area contributed by atoms with Crippen LogP contribution in [0.25, 0.3) is 0 Å². The number of hydrogen-bond donors (Lipinski definition) is 0. The van der Waals surface area contributed by atoms with Crippen molar-refractivity contribution in [1.82, 2.24) is 0 Å². The number of rotatable bonds is 4. The van der Waals surface area contributed by atoms with Crippen LogP contribution in [0.15, 0.2) is 36.4 Å². The molecule has 3 nitrogen and oxygen atoms in total. The van der Waals surface area contributed by atoms with E-state index < -0.39 is 17.7 Å². The third kappa shape index (κ3) is 3.42. The zero-order chi connectivity index (χ0) is 22.0. The van der Waals surface area contributed by atoms with Gasteiger partial charge in [-0.2, -0.15) is 22.0 Å². The van der Waals surface area contributed by atoms with Crippen LogP contribution < -0.4 is 14.2 Å². The summed E-state index contributed by atoms with van der Waals surface area (Å²) in [6.07, 6.45) is -2.76. The summed E-state index contributed by atoms with van der Waals surface area (Å²) in [7, 11) is 1.57. The topological polar surface area (TPSA) is 27.7 Å². The quantitative estimate of drug-likeness (QED) is 0.423. The van der Waals surface area contributed by atoms with Crippen molar-refractivity contribution in [2.24, 2.45) is 0 Å². The highest BCUT2D eigenvalue weighted by atomic mass is 19.4. The van der Waals surface area contributed by atoms with Crippen molar-refractivity contribution >= 4 is 6.71 Å². The van der Waals surface area contributed by atoms with E-state index in [-0.39, 0.29) is 18.5 Å². The van der Waals surface area contributed by atoms with Gasteiger partial charge in [0.15, 0.2) is 11.5 Å². The third-order valence-electron chi connectivity index (χ3n) is 6.83. The Morgan fingerprint density at radius 2 is 1.71 bits per heavy atom. The van der Waals surface area contributed by atoms with Crippen molar-refractivity contribution < 1.29 is 36.2 Å². The van der Waals surface area contributed by atoms with Crippen LogP contribution in [-0.4, -0.2) is 26.8 Å². The van der Waals surface area contributed by atoms with Crippen molar-refractivity contribution in [3.8, 4) is 17.2 Å². The molecule has 3 unspecified atom stereocenters. The summed E-state index contributed by atoms with van der Waals surface area (Å²) in [5.41, 5.74) is 0.854. The van der Waals surface area contributed by atoms with Gasteiger partial charge >= 0.3 is 12.1 Å². The van der Waals surface area contributed by atoms with Gasteiger partial charge in [-0.25, -0.2) is 0 Å². The van der Waals surface area contributed by atoms with Gasteiger partial charge in [-0.05, 0) is 35.9 Å². The van der Waals surface area contributed by atoms with E-state index in [1.165, 1.54) is 12.1 Å². The molecule has 2 fully saturated rings. The minimum atomic E-state index is -5.61. The highest BCUT2D eigenvalue weighted by Crippen LogP contribution is 2.59. The first-order chi connectivity index (χ1) is 14.7. The zero-order valence-electron chi connectivity index (χ0n) is 16.7. The summed E-state index contributed by atoms with van der Waals surface area (Å²) in [5, 5.41) is 0. The van der Waals surface area contributed by atoms with E-state index in [0.717, 1.165) is 42.4 Å². The molecule has 3 heterocycles. The Morgan fingerprint density at radius 3 is 2.39 bits per heavy atom. The normalized spacial score (nSPS) is 24.7. The Bertz CT molecular complexity index is 992. The molecule has 0 saturated carbocycles. The molecule has 3 aliphatic rings. The number of methoxy groups -OCH3 is 1. The Balaban J connectivity index is 1.40. The SMILES string of the molecule is COc1cc(C2CC3CB3C(c3ccc(C(F)(F)C(F)(F)F)cc3)C2)cc2c1OCO2. The number of alkyl halides is 5. The molecule has 2 saturated heterocycles. The van der Waals surface area contributed by atoms with E-state index in [9.17, 15) is 22.0 Å². The summed E-state index contributed by atoms with van der Waals surface area (Å²) in [4.78, 5) is 0. The molecule has 0 aromatic heterocycles. The lowest BCUT2D eigenvalue weighted by molar-refractivity contribution is -0.289. The maximum Gasteiger partial charge on any atom is 0.458 e. The largest absolute Gasteiger partial charge is 0.493 e. The molecular formula is C22H20BF5O3. The molecule has 31 heavy (non-hydrogen) atoms. The van der Waals surface area contributed by atoms with Gasteiger partial charge in [-0.15, -0.1) is 0 Å². The van der Waals surface area contributed by atoms with Crippen LogP contribution in [0.3, 0.4) is 0 Å². The molecule has 0 aliphatic carbocycles. The summed E-state index contributed by atoms with van der Waals surface area (Å²) < 4.78 is 81.7. The van der Waals surface area contributed by atoms with Gasteiger partial charge in [-0.1, -0.05) is 48.4 Å². The number of halogens is 5. The Labute approximate surface area is 176 Å². The summed E-state index contributed by atoms with van der Waals surface area (Å²) in [5.74, 6) is -2.16. The molecule has 0 N–H and O–H groups in total. The second kappa shape index (κ2) is 7.03. The monoisotopic (exact) mass is 438 g/mol. The average Bonchev–Trinajstić information content (AvgIpc) is 3.37. The Kier molecular flexibility index (Phi) is 4.64. The standard InChI is InChI=1S/C22H20BF5O3/c1-29-18-8-14(9-19-20(18)31-11-30-19)13-6-16-10-23(16)17(7-13)12-2-4-15(5-3-12)21(24,25)22(26,27)28/h2-5,8-9,13,16-17H,6-7,10-11H2,1H3. The van der Waals surface area contributed by atoms with Gasteiger partial charge < -0.3 is 14.2 Å². The van der Waals surface area contributed by atoms with Crippen molar-refractivity contribution in [1.29, 1.82) is 0 Å². The number of hydrogen-bond acceptors (Lipinski definition) is 3. The molecule has 2 aromatic carbocycles. The molecule has 0 radical (unpaired) electrons. The smallest absolute Gasteiger partial charge is 0.458 e. The molecule has 164 valence electrons. The van der Waals surface area contributed by atoms with E-state index in [1.54, 1.807) is 7.11 Å². The molecule has 3 aliphatic heterocycles. The van der Waals surface area contributed by atoms with Crippen molar-refractivity contribution in [3.05, 3.63) is 53.1 Å². The summed E-state index contributed by atoms with van der Waals surface area (Å²) in [6, 6.07) is 8.59. The lowest BCUT2D eigenvalue weighted by atomic mass is 9.47. The maximum absolute atomic E-state index is 13.6. The van der Waals surface area contributed by atoms with E-state index >= 15 is 0 Å². The van der Waals surface area contributed by atoms with Crippen LogP contribution in [0.5, 0.6) is 17.2 Å². The first-order valence-corrected chi connectivity index (χ1v) is 10.2. The molecule has 0 amide bonds. The summed E-state index contributed by atoms with van der Waals surface area (Å²) in [6.45, 7) is 0.586. The summed E-state index contributed by atoms with van der Waals surface area (Å²) >= 11 is 0. The minimum Gasteiger partial charge on any atom is -0.493 e. The number of ether oxygens (including phenoxy) is 3. The molecule has 2 aromatic rings. The Morgan fingerprint density at radius 1 is 0.968 bits per heavy atom. The van der Waals surface area contributed by atoms with Gasteiger partial charge in [0, 0.05) is 5.56 Å². The van der Waals surface area contributed by atoms with Gasteiger partial charge in [0.1, 0.15) is 6.71 Å². The highest BCUT2D eigenvalue weighted by molar-refractivity contribution is 6.73. The molecule has 0 bridgehead atoms. The maximum atomic E-state index is 13.6. The molecular weight excluding hydrogens is 418 g/mol. The lowest BCUT2D eigenvalue weighted by Crippen LogP contribution is -2.33. The van der Waals surface area contributed by atoms with Crippen LogP contribution >= 0.6 is 0 Å². The predicted octanol–water partition coefficient (Wildman–Crippen LogP) is 6.16. The number of benzene rings is 2. The van der Waals surface area contributed by atoms with Crippen molar-refractivity contribution in [2.75, 3.05) is 13.9 Å². The second-order valence-corrected chi connectivity index (χ2v) is 8.59. The third-order valence-corrected chi connectivity index (χ3v) is 6.83. The van der Waals surface area contributed by atoms with Crippen LogP contribution in [0.1, 0.15) is 41.3 Å². The van der Waals surface area contributed by atoms with Crippen LogP contribution in [0, 0.1) is 0 Å². The first kappa shape index (κ1) is 20.5. The van der Waals surface area contributed by atoms with Crippen molar-refractivity contribution in [3.63, 3.8) is 0 Å². The van der Waals surface area contributed by atoms with E-state index in [1.807, 2.05) is 12.1 Å². The lowest BCUT2D eigenvalue weighted by Gasteiger charge is -2.29. The van der Waals surface area contributed by atoms with Crippen LogP contribution in [-0.2, 0) is 5.92 Å². The van der Waals surface area contributed by atoms with E-state index in [0.29, 0.717) is 29.8 Å². The molecule has 0 spiro atoms. The fourth-order valence-electron chi connectivity index (χ4n) is 5.12. The van der Waals surface area contributed by atoms with E-state index in [2.05, 4.69) is 0 Å². The molecule has 5 rings (SSSR count). The van der Waals surface area contributed by atoms with Gasteiger partial charge in [0.25, 0.3) is 0 Å². The van der Waals surface area contributed by atoms with Crippen LogP contribution in [0.2, 0.25) is 12.1 Å². The second-order valence-electron chi connectivity index (χ2n) is 8.59. The minimum absolute atomic E-state index is 0.119. The predicted molar refractivity (Wildman–Crippen MR) is 105 cm³/mol. The Hall–Kier alpha value is -2.45. The van der Waals surface area contributed by atoms with E-state index in [4.69, 9.17) is 14.2 Å². The fourth-order valence-corrected chi connectivity index (χ4v) is 5.12. The first-order valence-electron chi connectivity index (χ1n) is 10.2. The number of fused-ring (bicyclic) bond motifs is 2. The fraction of sp³-hybridized carbons (Fsp3) is 0.455.